The molecule has 1 atom stereocenters. The minimum atomic E-state index is -0.362. The first-order chi connectivity index (χ1) is 9.93. The highest BCUT2D eigenvalue weighted by atomic mass is 32.2. The SMILES string of the molecule is CCCCn1c(N)c(NC(C)CSCC)c(=O)n(C)c1=O. The van der Waals surface area contributed by atoms with Gasteiger partial charge in [0.25, 0.3) is 5.56 Å². The van der Waals surface area contributed by atoms with Crippen LogP contribution in [0.15, 0.2) is 9.59 Å². The number of hydrogen-bond donors (Lipinski definition) is 2. The predicted octanol–water partition coefficient (Wildman–Crippen LogP) is 1.48. The average Bonchev–Trinajstić information content (AvgIpc) is 2.47. The summed E-state index contributed by atoms with van der Waals surface area (Å²) in [6.07, 6.45) is 1.81. The molecule has 0 radical (unpaired) electrons. The standard InChI is InChI=1S/C14H26N4O2S/c1-5-7-8-18-12(15)11(13(19)17(4)14(18)20)16-10(3)9-21-6-2/h10,16H,5-9,15H2,1-4H3. The number of hydrogen-bond acceptors (Lipinski definition) is 5. The van der Waals surface area contributed by atoms with E-state index in [4.69, 9.17) is 5.73 Å². The van der Waals surface area contributed by atoms with Crippen LogP contribution in [0.25, 0.3) is 0 Å². The minimum Gasteiger partial charge on any atom is -0.383 e. The van der Waals surface area contributed by atoms with Crippen LogP contribution in [0.4, 0.5) is 11.5 Å². The Kier molecular flexibility index (Phi) is 6.87. The highest BCUT2D eigenvalue weighted by Crippen LogP contribution is 2.14. The van der Waals surface area contributed by atoms with Crippen LogP contribution in [0.1, 0.15) is 33.6 Å². The van der Waals surface area contributed by atoms with Crippen molar-refractivity contribution in [2.45, 2.75) is 46.2 Å². The number of nitrogens with two attached hydrogens (primary N) is 1. The molecule has 1 aromatic heterocycles. The molecule has 0 fully saturated rings. The minimum absolute atomic E-state index is 0.113. The summed E-state index contributed by atoms with van der Waals surface area (Å²) in [4.78, 5) is 24.4. The fourth-order valence-electron chi connectivity index (χ4n) is 2.03. The van der Waals surface area contributed by atoms with Gasteiger partial charge in [-0.2, -0.15) is 11.8 Å². The van der Waals surface area contributed by atoms with E-state index in [0.717, 1.165) is 28.9 Å². The van der Waals surface area contributed by atoms with Crippen molar-refractivity contribution in [2.24, 2.45) is 7.05 Å². The maximum atomic E-state index is 12.2. The third kappa shape index (κ3) is 4.30. The van der Waals surface area contributed by atoms with Gasteiger partial charge in [-0.05, 0) is 19.1 Å². The zero-order chi connectivity index (χ0) is 16.0. The van der Waals surface area contributed by atoms with Crippen LogP contribution in [-0.2, 0) is 13.6 Å². The molecule has 0 saturated carbocycles. The van der Waals surface area contributed by atoms with Crippen LogP contribution >= 0.6 is 11.8 Å². The lowest BCUT2D eigenvalue weighted by Crippen LogP contribution is -2.41. The normalized spacial score (nSPS) is 12.4. The topological polar surface area (TPSA) is 82.0 Å². The maximum absolute atomic E-state index is 12.2. The first kappa shape index (κ1) is 17.7. The monoisotopic (exact) mass is 314 g/mol. The van der Waals surface area contributed by atoms with E-state index < -0.39 is 0 Å². The highest BCUT2D eigenvalue weighted by Gasteiger charge is 2.16. The Hall–Kier alpha value is -1.37. The molecule has 21 heavy (non-hydrogen) atoms. The zero-order valence-electron chi connectivity index (χ0n) is 13.3. The Morgan fingerprint density at radius 1 is 1.33 bits per heavy atom. The van der Waals surface area contributed by atoms with E-state index in [9.17, 15) is 9.59 Å². The molecule has 0 aliphatic heterocycles. The smallest absolute Gasteiger partial charge is 0.332 e. The lowest BCUT2D eigenvalue weighted by molar-refractivity contribution is 0.575. The number of thioether (sulfide) groups is 1. The molecule has 0 spiro atoms. The molecule has 0 bridgehead atoms. The van der Waals surface area contributed by atoms with E-state index in [-0.39, 0.29) is 23.1 Å². The lowest BCUT2D eigenvalue weighted by atomic mass is 10.3. The van der Waals surface area contributed by atoms with Gasteiger partial charge in [-0.3, -0.25) is 13.9 Å². The van der Waals surface area contributed by atoms with Gasteiger partial charge in [0.05, 0.1) is 0 Å². The zero-order valence-corrected chi connectivity index (χ0v) is 14.1. The van der Waals surface area contributed by atoms with Crippen LogP contribution in [-0.4, -0.2) is 26.7 Å². The molecule has 0 saturated heterocycles. The van der Waals surface area contributed by atoms with Gasteiger partial charge < -0.3 is 11.1 Å². The Balaban J connectivity index is 3.16. The Morgan fingerprint density at radius 2 is 2.00 bits per heavy atom. The fraction of sp³-hybridized carbons (Fsp3) is 0.714. The number of rotatable bonds is 8. The summed E-state index contributed by atoms with van der Waals surface area (Å²) in [5.74, 6) is 2.15. The molecule has 7 heteroatoms. The summed E-state index contributed by atoms with van der Waals surface area (Å²) in [5.41, 5.74) is 5.67. The van der Waals surface area contributed by atoms with Crippen molar-refractivity contribution in [3.8, 4) is 0 Å². The van der Waals surface area contributed by atoms with Crippen molar-refractivity contribution in [3.63, 3.8) is 0 Å². The van der Waals surface area contributed by atoms with Crippen LogP contribution in [0.2, 0.25) is 0 Å². The number of nitrogens with one attached hydrogen (secondary N) is 1. The van der Waals surface area contributed by atoms with E-state index in [0.29, 0.717) is 12.2 Å². The molecule has 1 rings (SSSR count). The van der Waals surface area contributed by atoms with Crippen molar-refractivity contribution >= 4 is 23.3 Å². The Morgan fingerprint density at radius 3 is 2.57 bits per heavy atom. The summed E-state index contributed by atoms with van der Waals surface area (Å²) >= 11 is 1.79. The molecular formula is C14H26N4O2S. The quantitative estimate of drug-likeness (QED) is 0.759. The van der Waals surface area contributed by atoms with Gasteiger partial charge in [0.15, 0.2) is 0 Å². The number of unbranched alkanes of at least 4 members (excludes halogenated alkanes) is 1. The lowest BCUT2D eigenvalue weighted by Gasteiger charge is -2.19. The van der Waals surface area contributed by atoms with Gasteiger partial charge in [0, 0.05) is 25.4 Å². The number of anilines is 2. The molecular weight excluding hydrogens is 288 g/mol. The molecule has 6 nitrogen and oxygen atoms in total. The van der Waals surface area contributed by atoms with Gasteiger partial charge in [0.2, 0.25) is 0 Å². The van der Waals surface area contributed by atoms with Gasteiger partial charge in [-0.1, -0.05) is 20.3 Å². The molecule has 0 aliphatic rings. The van der Waals surface area contributed by atoms with Gasteiger partial charge >= 0.3 is 5.69 Å². The molecule has 1 unspecified atom stereocenters. The van der Waals surface area contributed by atoms with E-state index in [1.54, 1.807) is 11.8 Å². The second-order valence-electron chi connectivity index (χ2n) is 5.12. The summed E-state index contributed by atoms with van der Waals surface area (Å²) in [5, 5.41) is 3.16. The van der Waals surface area contributed by atoms with Gasteiger partial charge in [-0.15, -0.1) is 0 Å². The van der Waals surface area contributed by atoms with Crippen molar-refractivity contribution in [1.29, 1.82) is 0 Å². The van der Waals surface area contributed by atoms with E-state index in [1.807, 2.05) is 13.8 Å². The van der Waals surface area contributed by atoms with Crippen molar-refractivity contribution < 1.29 is 0 Å². The molecule has 0 aliphatic carbocycles. The third-order valence-electron chi connectivity index (χ3n) is 3.28. The largest absolute Gasteiger partial charge is 0.383 e. The molecule has 1 aromatic rings. The fourth-order valence-corrected chi connectivity index (χ4v) is 2.71. The second kappa shape index (κ2) is 8.17. The van der Waals surface area contributed by atoms with Crippen molar-refractivity contribution in [3.05, 3.63) is 20.8 Å². The molecule has 3 N–H and O–H groups in total. The molecule has 120 valence electrons. The summed E-state index contributed by atoms with van der Waals surface area (Å²) in [6.45, 7) is 6.67. The van der Waals surface area contributed by atoms with E-state index in [2.05, 4.69) is 12.2 Å². The number of aromatic nitrogens is 2. The summed E-state index contributed by atoms with van der Waals surface area (Å²) in [6, 6.07) is 0.113. The van der Waals surface area contributed by atoms with E-state index >= 15 is 0 Å². The van der Waals surface area contributed by atoms with Crippen molar-refractivity contribution in [2.75, 3.05) is 22.6 Å². The summed E-state index contributed by atoms with van der Waals surface area (Å²) in [7, 11) is 1.49. The first-order valence-electron chi connectivity index (χ1n) is 7.37. The molecule has 0 amide bonds. The Labute approximate surface area is 129 Å². The van der Waals surface area contributed by atoms with E-state index in [1.165, 1.54) is 11.6 Å². The first-order valence-corrected chi connectivity index (χ1v) is 8.53. The maximum Gasteiger partial charge on any atom is 0.332 e. The predicted molar refractivity (Wildman–Crippen MR) is 91.3 cm³/mol. The van der Waals surface area contributed by atoms with Gasteiger partial charge in [0.1, 0.15) is 11.5 Å². The highest BCUT2D eigenvalue weighted by molar-refractivity contribution is 7.99. The van der Waals surface area contributed by atoms with Crippen LogP contribution in [0.5, 0.6) is 0 Å². The molecule has 0 aromatic carbocycles. The Bertz CT molecular complexity index is 580. The van der Waals surface area contributed by atoms with Crippen LogP contribution < -0.4 is 22.3 Å². The number of nitrogens with zero attached hydrogens (tertiary/aromatic N) is 2. The average molecular weight is 314 g/mol. The van der Waals surface area contributed by atoms with Crippen molar-refractivity contribution in [1.82, 2.24) is 9.13 Å². The second-order valence-corrected chi connectivity index (χ2v) is 6.44. The van der Waals surface area contributed by atoms with Gasteiger partial charge in [-0.25, -0.2) is 4.79 Å². The number of nitrogen functional groups attached to an aromatic ring is 1. The van der Waals surface area contributed by atoms with Crippen LogP contribution in [0.3, 0.4) is 0 Å². The third-order valence-corrected chi connectivity index (χ3v) is 4.43. The summed E-state index contributed by atoms with van der Waals surface area (Å²) < 4.78 is 2.60. The van der Waals surface area contributed by atoms with Crippen LogP contribution in [0, 0.1) is 0 Å². The molecule has 1 heterocycles.